The lowest BCUT2D eigenvalue weighted by Crippen LogP contribution is -2.48. The van der Waals surface area contributed by atoms with Crippen LogP contribution in [0.2, 0.25) is 0 Å². The van der Waals surface area contributed by atoms with Gasteiger partial charge in [0.1, 0.15) is 12.4 Å². The van der Waals surface area contributed by atoms with Gasteiger partial charge in [0.15, 0.2) is 17.2 Å². The van der Waals surface area contributed by atoms with Gasteiger partial charge in [-0.05, 0) is 31.5 Å². The number of nitrogens with zero attached hydrogens (tertiary/aromatic N) is 3. The molecule has 1 aromatic heterocycles. The van der Waals surface area contributed by atoms with Gasteiger partial charge in [-0.1, -0.05) is 47.1 Å². The number of methoxy groups -OCH3 is 1. The predicted octanol–water partition coefficient (Wildman–Crippen LogP) is 3.84. The summed E-state index contributed by atoms with van der Waals surface area (Å²) >= 11 is 0. The van der Waals surface area contributed by atoms with Crippen molar-refractivity contribution in [2.45, 2.75) is 27.0 Å². The zero-order chi connectivity index (χ0) is 22.5. The van der Waals surface area contributed by atoms with Crippen LogP contribution in [0.25, 0.3) is 0 Å². The van der Waals surface area contributed by atoms with E-state index in [2.05, 4.69) is 41.2 Å². The van der Waals surface area contributed by atoms with E-state index in [-0.39, 0.29) is 12.5 Å². The Morgan fingerprint density at radius 3 is 2.38 bits per heavy atom. The van der Waals surface area contributed by atoms with Gasteiger partial charge in [-0.3, -0.25) is 9.69 Å². The number of ether oxygens (including phenoxy) is 2. The van der Waals surface area contributed by atoms with Crippen LogP contribution in [0.15, 0.2) is 53.1 Å². The molecule has 7 nitrogen and oxygen atoms in total. The zero-order valence-corrected chi connectivity index (χ0v) is 18.8. The summed E-state index contributed by atoms with van der Waals surface area (Å²) in [5.74, 6) is 1.72. The lowest BCUT2D eigenvalue weighted by atomic mass is 10.1. The van der Waals surface area contributed by atoms with E-state index in [9.17, 15) is 4.79 Å². The molecule has 3 aromatic rings. The molecule has 2 heterocycles. The second-order valence-electron chi connectivity index (χ2n) is 8.06. The van der Waals surface area contributed by atoms with Crippen molar-refractivity contribution in [1.82, 2.24) is 15.0 Å². The molecule has 1 aliphatic rings. The molecule has 32 heavy (non-hydrogen) atoms. The van der Waals surface area contributed by atoms with Crippen molar-refractivity contribution in [1.29, 1.82) is 0 Å². The predicted molar refractivity (Wildman–Crippen MR) is 121 cm³/mol. The van der Waals surface area contributed by atoms with Crippen molar-refractivity contribution >= 4 is 5.91 Å². The van der Waals surface area contributed by atoms with Crippen LogP contribution < -0.4 is 9.47 Å². The first-order chi connectivity index (χ1) is 15.5. The van der Waals surface area contributed by atoms with Gasteiger partial charge in [-0.2, -0.15) is 0 Å². The Morgan fingerprint density at radius 1 is 1.00 bits per heavy atom. The number of hydrogen-bond acceptors (Lipinski definition) is 6. The number of benzene rings is 2. The highest BCUT2D eigenvalue weighted by atomic mass is 16.5. The van der Waals surface area contributed by atoms with Crippen molar-refractivity contribution in [2.24, 2.45) is 0 Å². The molecule has 1 aliphatic heterocycles. The molecule has 0 spiro atoms. The van der Waals surface area contributed by atoms with Crippen LogP contribution in [0, 0.1) is 13.8 Å². The Kier molecular flexibility index (Phi) is 6.75. The van der Waals surface area contributed by atoms with Gasteiger partial charge in [-0.15, -0.1) is 0 Å². The molecule has 1 amide bonds. The van der Waals surface area contributed by atoms with E-state index in [1.165, 1.54) is 11.1 Å². The molecule has 168 valence electrons. The number of aromatic nitrogens is 1. The first-order valence-corrected chi connectivity index (χ1v) is 10.8. The quantitative estimate of drug-likeness (QED) is 0.562. The van der Waals surface area contributed by atoms with E-state index in [4.69, 9.17) is 14.0 Å². The summed E-state index contributed by atoms with van der Waals surface area (Å²) in [6.07, 6.45) is 0. The lowest BCUT2D eigenvalue weighted by Gasteiger charge is -2.34. The number of amides is 1. The third kappa shape index (κ3) is 4.94. The fourth-order valence-corrected chi connectivity index (χ4v) is 3.83. The highest BCUT2D eigenvalue weighted by Gasteiger charge is 2.28. The number of piperazine rings is 1. The number of hydrogen-bond donors (Lipinski definition) is 0. The molecular formula is C25H29N3O4. The number of carbonyl (C=O) groups is 1. The average Bonchev–Trinajstić information content (AvgIpc) is 3.19. The van der Waals surface area contributed by atoms with Crippen LogP contribution in [-0.4, -0.2) is 54.2 Å². The number of aryl methyl sites for hydroxylation is 2. The molecule has 0 saturated carbocycles. The highest BCUT2D eigenvalue weighted by Crippen LogP contribution is 2.28. The maximum atomic E-state index is 13.2. The average molecular weight is 436 g/mol. The topological polar surface area (TPSA) is 68.0 Å². The Hall–Kier alpha value is -3.32. The van der Waals surface area contributed by atoms with E-state index < -0.39 is 0 Å². The van der Waals surface area contributed by atoms with Gasteiger partial charge in [0.05, 0.1) is 12.7 Å². The first-order valence-electron chi connectivity index (χ1n) is 10.8. The van der Waals surface area contributed by atoms with Gasteiger partial charge < -0.3 is 18.9 Å². The van der Waals surface area contributed by atoms with Gasteiger partial charge >= 0.3 is 0 Å². The van der Waals surface area contributed by atoms with Gasteiger partial charge in [0, 0.05) is 32.7 Å². The largest absolute Gasteiger partial charge is 0.493 e. The van der Waals surface area contributed by atoms with Crippen LogP contribution in [0.4, 0.5) is 0 Å². The molecule has 0 unspecified atom stereocenters. The van der Waals surface area contributed by atoms with Crippen molar-refractivity contribution in [3.63, 3.8) is 0 Å². The Labute approximate surface area is 188 Å². The molecule has 2 aromatic carbocycles. The summed E-state index contributed by atoms with van der Waals surface area (Å²) in [6.45, 7) is 7.92. The van der Waals surface area contributed by atoms with Gasteiger partial charge in [-0.25, -0.2) is 0 Å². The second kappa shape index (κ2) is 9.87. The van der Waals surface area contributed by atoms with Crippen LogP contribution in [0.5, 0.6) is 11.5 Å². The molecule has 7 heteroatoms. The standard InChI is InChI=1S/C25H29N3O4/c1-18-8-10-20(11-9-18)16-27-12-14-28(15-13-27)25(29)24-21(19(2)32-26-24)17-31-23-7-5-4-6-22(23)30-3/h4-11H,12-17H2,1-3H3. The first kappa shape index (κ1) is 21.9. The molecule has 0 radical (unpaired) electrons. The molecule has 0 N–H and O–H groups in total. The van der Waals surface area contributed by atoms with E-state index in [0.717, 1.165) is 19.6 Å². The van der Waals surface area contributed by atoms with Gasteiger partial charge in [0.2, 0.25) is 0 Å². The van der Waals surface area contributed by atoms with E-state index >= 15 is 0 Å². The monoisotopic (exact) mass is 435 g/mol. The molecule has 0 bridgehead atoms. The summed E-state index contributed by atoms with van der Waals surface area (Å²) in [5, 5.41) is 4.05. The third-order valence-electron chi connectivity index (χ3n) is 5.81. The molecular weight excluding hydrogens is 406 g/mol. The van der Waals surface area contributed by atoms with Crippen molar-refractivity contribution in [2.75, 3.05) is 33.3 Å². The molecule has 0 aliphatic carbocycles. The second-order valence-corrected chi connectivity index (χ2v) is 8.06. The van der Waals surface area contributed by atoms with Gasteiger partial charge in [0.25, 0.3) is 5.91 Å². The van der Waals surface area contributed by atoms with Crippen molar-refractivity contribution in [3.05, 3.63) is 76.7 Å². The minimum Gasteiger partial charge on any atom is -0.493 e. The smallest absolute Gasteiger partial charge is 0.276 e. The van der Waals surface area contributed by atoms with E-state index in [1.54, 1.807) is 14.0 Å². The van der Waals surface area contributed by atoms with E-state index in [0.29, 0.717) is 41.6 Å². The summed E-state index contributed by atoms with van der Waals surface area (Å²) in [4.78, 5) is 17.4. The maximum absolute atomic E-state index is 13.2. The van der Waals surface area contributed by atoms with Crippen LogP contribution in [-0.2, 0) is 13.2 Å². The Balaban J connectivity index is 1.37. The summed E-state index contributed by atoms with van der Waals surface area (Å²) in [7, 11) is 1.60. The molecule has 1 fully saturated rings. The maximum Gasteiger partial charge on any atom is 0.276 e. The summed E-state index contributed by atoms with van der Waals surface area (Å²) < 4.78 is 16.6. The minimum atomic E-state index is -0.115. The fourth-order valence-electron chi connectivity index (χ4n) is 3.83. The Bertz CT molecular complexity index is 1050. The number of rotatable bonds is 7. The van der Waals surface area contributed by atoms with Crippen LogP contribution in [0.3, 0.4) is 0 Å². The van der Waals surface area contributed by atoms with Crippen LogP contribution >= 0.6 is 0 Å². The van der Waals surface area contributed by atoms with Crippen LogP contribution in [0.1, 0.15) is 32.9 Å². The van der Waals surface area contributed by atoms with Crippen molar-refractivity contribution in [3.8, 4) is 11.5 Å². The minimum absolute atomic E-state index is 0.115. The summed E-state index contributed by atoms with van der Waals surface area (Å²) in [5.41, 5.74) is 3.54. The third-order valence-corrected chi connectivity index (χ3v) is 5.81. The Morgan fingerprint density at radius 2 is 1.69 bits per heavy atom. The normalized spacial score (nSPS) is 14.4. The highest BCUT2D eigenvalue weighted by molar-refractivity contribution is 5.93. The zero-order valence-electron chi connectivity index (χ0n) is 18.8. The summed E-state index contributed by atoms with van der Waals surface area (Å²) in [6, 6.07) is 16.0. The molecule has 1 saturated heterocycles. The molecule has 4 rings (SSSR count). The molecule has 0 atom stereocenters. The SMILES string of the molecule is COc1ccccc1OCc1c(C(=O)N2CCN(Cc3ccc(C)cc3)CC2)noc1C. The van der Waals surface area contributed by atoms with E-state index in [1.807, 2.05) is 29.2 Å². The lowest BCUT2D eigenvalue weighted by molar-refractivity contribution is 0.0616. The van der Waals surface area contributed by atoms with Crippen molar-refractivity contribution < 1.29 is 18.8 Å². The fraction of sp³-hybridized carbons (Fsp3) is 0.360. The number of para-hydroxylation sites is 2. The number of carbonyl (C=O) groups excluding carboxylic acids is 1.